The highest BCUT2D eigenvalue weighted by Crippen LogP contribution is 2.31. The molecule has 4 rings (SSSR count). The van der Waals surface area contributed by atoms with Crippen LogP contribution in [0.2, 0.25) is 10.0 Å². The van der Waals surface area contributed by atoms with E-state index in [1.165, 1.54) is 42.3 Å². The number of amides is 2. The van der Waals surface area contributed by atoms with E-state index in [1.807, 2.05) is 54.6 Å². The molecule has 0 spiro atoms. The van der Waals surface area contributed by atoms with Crippen LogP contribution in [0.5, 0.6) is 0 Å². The molecule has 0 unspecified atom stereocenters. The summed E-state index contributed by atoms with van der Waals surface area (Å²) in [4.78, 5) is 29.0. The molecule has 0 aliphatic carbocycles. The van der Waals surface area contributed by atoms with Gasteiger partial charge in [0.1, 0.15) is 12.6 Å². The van der Waals surface area contributed by atoms with E-state index in [4.69, 9.17) is 23.2 Å². The minimum absolute atomic E-state index is 0.00420. The lowest BCUT2D eigenvalue weighted by Gasteiger charge is -2.33. The van der Waals surface area contributed by atoms with Gasteiger partial charge in [0.25, 0.3) is 10.0 Å². The number of hydrogen-bond donors (Lipinski definition) is 1. The van der Waals surface area contributed by atoms with Crippen LogP contribution in [0.1, 0.15) is 11.1 Å². The molecule has 11 heteroatoms. The van der Waals surface area contributed by atoms with Crippen molar-refractivity contribution in [3.8, 4) is 0 Å². The van der Waals surface area contributed by atoms with Crippen LogP contribution in [0.4, 0.5) is 5.69 Å². The minimum atomic E-state index is -4.22. The fourth-order valence-corrected chi connectivity index (χ4v) is 6.38. The number of nitrogens with one attached hydrogen (secondary N) is 1. The predicted octanol–water partition coefficient (Wildman–Crippen LogP) is 6.34. The SMILES string of the molecule is CNC(=O)[C@H](Cc1ccccc1)N(Cc1ccc(Br)cc1)C(=O)CN(c1ccc(Cl)c(Cl)c1)S(=O)(=O)c1ccccc1. The molecule has 4 aromatic rings. The Morgan fingerprint density at radius 2 is 1.45 bits per heavy atom. The monoisotopic (exact) mass is 687 g/mol. The lowest BCUT2D eigenvalue weighted by molar-refractivity contribution is -0.139. The topological polar surface area (TPSA) is 86.8 Å². The van der Waals surface area contributed by atoms with Crippen molar-refractivity contribution in [3.05, 3.63) is 129 Å². The van der Waals surface area contributed by atoms with Crippen LogP contribution in [0.15, 0.2) is 112 Å². The van der Waals surface area contributed by atoms with E-state index in [9.17, 15) is 18.0 Å². The van der Waals surface area contributed by atoms with Gasteiger partial charge in [-0.1, -0.05) is 99.8 Å². The summed E-state index contributed by atoms with van der Waals surface area (Å²) < 4.78 is 29.7. The van der Waals surface area contributed by atoms with E-state index in [1.54, 1.807) is 18.2 Å². The Labute approximate surface area is 264 Å². The summed E-state index contributed by atoms with van der Waals surface area (Å²) in [5, 5.41) is 3.04. The Hall–Kier alpha value is -3.37. The van der Waals surface area contributed by atoms with Gasteiger partial charge in [-0.25, -0.2) is 8.42 Å². The van der Waals surface area contributed by atoms with Crippen LogP contribution >= 0.6 is 39.1 Å². The van der Waals surface area contributed by atoms with Crippen molar-refractivity contribution in [2.45, 2.75) is 23.9 Å². The molecule has 0 saturated carbocycles. The number of carbonyl (C=O) groups excluding carboxylic acids is 2. The first-order chi connectivity index (χ1) is 20.1. The molecule has 218 valence electrons. The van der Waals surface area contributed by atoms with Crippen LogP contribution < -0.4 is 9.62 Å². The molecular formula is C31H28BrCl2N3O4S. The van der Waals surface area contributed by atoms with Gasteiger partial charge >= 0.3 is 0 Å². The van der Waals surface area contributed by atoms with Crippen molar-refractivity contribution < 1.29 is 18.0 Å². The second-order valence-electron chi connectivity index (χ2n) is 9.39. The molecule has 0 aliphatic rings. The third-order valence-corrected chi connectivity index (χ3v) is 9.64. The summed E-state index contributed by atoms with van der Waals surface area (Å²) >= 11 is 15.8. The molecule has 1 N–H and O–H groups in total. The number of nitrogens with zero attached hydrogens (tertiary/aromatic N) is 2. The molecular weight excluding hydrogens is 661 g/mol. The number of sulfonamides is 1. The smallest absolute Gasteiger partial charge is 0.264 e. The molecule has 0 aliphatic heterocycles. The van der Waals surface area contributed by atoms with Crippen LogP contribution in [0.3, 0.4) is 0 Å². The summed E-state index contributed by atoms with van der Waals surface area (Å²) in [6.45, 7) is -0.522. The molecule has 0 fully saturated rings. The molecule has 4 aromatic carbocycles. The Morgan fingerprint density at radius 3 is 2.05 bits per heavy atom. The van der Waals surface area contributed by atoms with E-state index < -0.39 is 28.5 Å². The van der Waals surface area contributed by atoms with Gasteiger partial charge in [-0.3, -0.25) is 13.9 Å². The van der Waals surface area contributed by atoms with Crippen LogP contribution in [0, 0.1) is 0 Å². The second kappa shape index (κ2) is 14.2. The Kier molecular flexibility index (Phi) is 10.7. The van der Waals surface area contributed by atoms with Gasteiger partial charge in [0.2, 0.25) is 11.8 Å². The van der Waals surface area contributed by atoms with Crippen molar-refractivity contribution in [3.63, 3.8) is 0 Å². The van der Waals surface area contributed by atoms with Crippen LogP contribution in [-0.2, 0) is 32.6 Å². The van der Waals surface area contributed by atoms with E-state index in [0.717, 1.165) is 19.9 Å². The Morgan fingerprint density at radius 1 is 0.833 bits per heavy atom. The van der Waals surface area contributed by atoms with E-state index in [2.05, 4.69) is 21.2 Å². The number of carbonyl (C=O) groups is 2. The van der Waals surface area contributed by atoms with Crippen molar-refractivity contribution in [1.82, 2.24) is 10.2 Å². The van der Waals surface area contributed by atoms with Gasteiger partial charge in [0, 0.05) is 24.5 Å². The Balaban J connectivity index is 1.79. The number of likely N-dealkylation sites (N-methyl/N-ethyl adjacent to an activating group) is 1. The summed E-state index contributed by atoms with van der Waals surface area (Å²) in [7, 11) is -2.72. The third-order valence-electron chi connectivity index (χ3n) is 6.58. The average Bonchev–Trinajstić information content (AvgIpc) is 3.00. The van der Waals surface area contributed by atoms with Crippen LogP contribution in [0.25, 0.3) is 0 Å². The fraction of sp³-hybridized carbons (Fsp3) is 0.161. The van der Waals surface area contributed by atoms with E-state index in [0.29, 0.717) is 0 Å². The lowest BCUT2D eigenvalue weighted by atomic mass is 10.0. The first-order valence-electron chi connectivity index (χ1n) is 12.9. The zero-order valence-corrected chi connectivity index (χ0v) is 26.5. The maximum Gasteiger partial charge on any atom is 0.264 e. The van der Waals surface area contributed by atoms with Gasteiger partial charge in [-0.2, -0.15) is 0 Å². The zero-order chi connectivity index (χ0) is 30.3. The summed E-state index contributed by atoms with van der Waals surface area (Å²) in [6, 6.07) is 27.9. The van der Waals surface area contributed by atoms with Crippen molar-refractivity contribution in [2.24, 2.45) is 0 Å². The van der Waals surface area contributed by atoms with Gasteiger partial charge in [0.15, 0.2) is 0 Å². The molecule has 0 radical (unpaired) electrons. The van der Waals surface area contributed by atoms with E-state index in [-0.39, 0.29) is 39.5 Å². The van der Waals surface area contributed by atoms with E-state index >= 15 is 0 Å². The molecule has 2 amide bonds. The summed E-state index contributed by atoms with van der Waals surface area (Å²) in [6.07, 6.45) is 0.223. The first kappa shape index (κ1) is 31.6. The number of hydrogen-bond acceptors (Lipinski definition) is 4. The summed E-state index contributed by atoms with van der Waals surface area (Å²) in [5.74, 6) is -0.954. The minimum Gasteiger partial charge on any atom is -0.357 e. The highest BCUT2D eigenvalue weighted by atomic mass is 79.9. The maximum atomic E-state index is 14.3. The number of anilines is 1. The maximum absolute atomic E-state index is 14.3. The molecule has 0 bridgehead atoms. The molecule has 0 saturated heterocycles. The zero-order valence-electron chi connectivity index (χ0n) is 22.6. The molecule has 0 heterocycles. The highest BCUT2D eigenvalue weighted by molar-refractivity contribution is 9.10. The molecule has 0 aromatic heterocycles. The lowest BCUT2D eigenvalue weighted by Crippen LogP contribution is -2.53. The number of rotatable bonds is 11. The molecule has 42 heavy (non-hydrogen) atoms. The van der Waals surface area contributed by atoms with Gasteiger partial charge in [0.05, 0.1) is 20.6 Å². The standard InChI is InChI=1S/C31H28BrCl2N3O4S/c1-35-31(39)29(18-22-8-4-2-5-9-22)36(20-23-12-14-24(32)15-13-23)30(38)21-37(25-16-17-27(33)28(34)19-25)42(40,41)26-10-6-3-7-11-26/h2-17,19,29H,18,20-21H2,1H3,(H,35,39)/t29-/m0/s1. The largest absolute Gasteiger partial charge is 0.357 e. The summed E-state index contributed by atoms with van der Waals surface area (Å²) in [5.41, 5.74) is 1.77. The van der Waals surface area contributed by atoms with Crippen molar-refractivity contribution >= 4 is 66.7 Å². The normalized spacial score (nSPS) is 11.9. The second-order valence-corrected chi connectivity index (χ2v) is 13.0. The Bertz CT molecular complexity index is 1640. The third kappa shape index (κ3) is 7.72. The van der Waals surface area contributed by atoms with Crippen LogP contribution in [-0.4, -0.2) is 44.8 Å². The molecule has 7 nitrogen and oxygen atoms in total. The van der Waals surface area contributed by atoms with Crippen molar-refractivity contribution in [2.75, 3.05) is 17.9 Å². The van der Waals surface area contributed by atoms with Gasteiger partial charge in [-0.05, 0) is 53.6 Å². The van der Waals surface area contributed by atoms with Gasteiger partial charge in [-0.15, -0.1) is 0 Å². The quantitative estimate of drug-likeness (QED) is 0.199. The first-order valence-corrected chi connectivity index (χ1v) is 15.9. The van der Waals surface area contributed by atoms with Gasteiger partial charge < -0.3 is 10.2 Å². The predicted molar refractivity (Wildman–Crippen MR) is 170 cm³/mol. The van der Waals surface area contributed by atoms with Crippen molar-refractivity contribution in [1.29, 1.82) is 0 Å². The number of benzene rings is 4. The number of halogens is 3. The fourth-order valence-electron chi connectivity index (χ4n) is 4.40. The highest BCUT2D eigenvalue weighted by Gasteiger charge is 2.34. The average molecular weight is 689 g/mol. The molecule has 1 atom stereocenters.